The van der Waals surface area contributed by atoms with Crippen molar-refractivity contribution >= 4 is 11.8 Å². The van der Waals surface area contributed by atoms with Crippen molar-refractivity contribution in [3.63, 3.8) is 0 Å². The van der Waals surface area contributed by atoms with E-state index in [-0.39, 0.29) is 28.6 Å². The summed E-state index contributed by atoms with van der Waals surface area (Å²) >= 11 is 0. The van der Waals surface area contributed by atoms with Crippen LogP contribution in [-0.4, -0.2) is 53.5 Å². The average Bonchev–Trinajstić information content (AvgIpc) is 3.43. The molecule has 44 heavy (non-hydrogen) atoms. The topological polar surface area (TPSA) is 146 Å². The van der Waals surface area contributed by atoms with Crippen molar-refractivity contribution in [2.45, 2.75) is 32.4 Å². The van der Waals surface area contributed by atoms with E-state index in [1.165, 1.54) is 12.1 Å². The number of carboxylic acids is 1. The number of aromatic amines is 1. The third kappa shape index (κ3) is 9.82. The first kappa shape index (κ1) is 33.6. The second kappa shape index (κ2) is 14.5. The van der Waals surface area contributed by atoms with Gasteiger partial charge in [-0.3, -0.25) is 10.1 Å². The Morgan fingerprint density at radius 1 is 1.09 bits per heavy atom. The molecule has 3 aromatic heterocycles. The third-order valence-corrected chi connectivity index (χ3v) is 5.67. The minimum absolute atomic E-state index is 0.00580. The number of carbonyl (C=O) groups excluding carboxylic acids is 1. The van der Waals surface area contributed by atoms with Gasteiger partial charge in [0.2, 0.25) is 5.82 Å². The first-order valence-electron chi connectivity index (χ1n) is 12.6. The molecule has 3 heterocycles. The molecule has 236 valence electrons. The molecule has 11 nitrogen and oxygen atoms in total. The van der Waals surface area contributed by atoms with E-state index < -0.39 is 18.5 Å². The highest BCUT2D eigenvalue weighted by atomic mass is 19.4. The van der Waals surface area contributed by atoms with Gasteiger partial charge in [-0.15, -0.1) is 13.2 Å². The van der Waals surface area contributed by atoms with Gasteiger partial charge in [0.1, 0.15) is 17.3 Å². The largest absolute Gasteiger partial charge is 0.573 e. The number of halogens is 6. The number of hydrogen-bond acceptors (Lipinski definition) is 9. The molecule has 0 aliphatic carbocycles. The first-order valence-corrected chi connectivity index (χ1v) is 12.6. The van der Waals surface area contributed by atoms with E-state index in [0.29, 0.717) is 18.7 Å². The summed E-state index contributed by atoms with van der Waals surface area (Å²) in [6.07, 6.45) is -7.33. The number of hydrogen-bond donors (Lipinski definition) is 1. The van der Waals surface area contributed by atoms with E-state index >= 15 is 0 Å². The lowest BCUT2D eigenvalue weighted by atomic mass is 10.2. The van der Waals surface area contributed by atoms with Gasteiger partial charge in [-0.2, -0.15) is 18.2 Å². The molecule has 0 radical (unpaired) electrons. The van der Waals surface area contributed by atoms with Crippen LogP contribution in [-0.2, 0) is 16.1 Å². The average molecular weight is 630 g/mol. The highest BCUT2D eigenvalue weighted by Crippen LogP contribution is 2.26. The van der Waals surface area contributed by atoms with Gasteiger partial charge in [0.25, 0.3) is 17.3 Å². The number of benzene rings is 1. The number of alkyl halides is 6. The van der Waals surface area contributed by atoms with E-state index in [1.54, 1.807) is 30.0 Å². The maximum atomic E-state index is 13.3. The van der Waals surface area contributed by atoms with Gasteiger partial charge in [-0.1, -0.05) is 5.16 Å². The van der Waals surface area contributed by atoms with Crippen LogP contribution in [0.2, 0.25) is 0 Å². The van der Waals surface area contributed by atoms with Crippen LogP contribution >= 0.6 is 0 Å². The molecule has 0 spiro atoms. The van der Waals surface area contributed by atoms with Crippen molar-refractivity contribution in [2.24, 2.45) is 0 Å². The van der Waals surface area contributed by atoms with Crippen LogP contribution in [0, 0.1) is 6.92 Å². The standard InChI is InChI=1S/C25H24F3N5O4.C2HF3O2/c1-16-4-9-20(23-31-22(32-37-23)18-5-7-19(8-6-18)36-25(26,27)28)24(34)33(16)15-17-10-12-30-21(14-17)29-11-3-13-35-2;3-2(4,5)1(6)7/h4-10,12,14H,3,11,13,15H2,1-2H3,(H,29,30);(H,6,7). The summed E-state index contributed by atoms with van der Waals surface area (Å²) in [6, 6.07) is 12.2. The predicted octanol–water partition coefficient (Wildman–Crippen LogP) is 3.38. The number of nitrogens with one attached hydrogen (secondary N) is 2. The zero-order chi connectivity index (χ0) is 32.5. The van der Waals surface area contributed by atoms with Crippen LogP contribution in [0.15, 0.2) is 64.0 Å². The monoisotopic (exact) mass is 629 g/mol. The zero-order valence-electron chi connectivity index (χ0n) is 23.1. The van der Waals surface area contributed by atoms with Crippen molar-refractivity contribution < 1.29 is 55.2 Å². The maximum Gasteiger partial charge on any atom is 0.573 e. The molecule has 0 saturated heterocycles. The number of aryl methyl sites for hydroxylation is 1. The number of carbonyl (C=O) groups is 1. The molecule has 0 atom stereocenters. The Hall–Kier alpha value is -4.93. The van der Waals surface area contributed by atoms with Crippen LogP contribution in [0.25, 0.3) is 22.8 Å². The van der Waals surface area contributed by atoms with Crippen LogP contribution in [0.5, 0.6) is 5.75 Å². The van der Waals surface area contributed by atoms with E-state index in [0.717, 1.165) is 42.2 Å². The number of rotatable bonds is 10. The van der Waals surface area contributed by atoms with Crippen LogP contribution in [0.3, 0.4) is 0 Å². The first-order chi connectivity index (χ1) is 20.7. The van der Waals surface area contributed by atoms with Gasteiger partial charge in [-0.25, -0.2) is 4.98 Å². The third-order valence-electron chi connectivity index (χ3n) is 5.67. The molecular formula is C27H25F6N5O6. The zero-order valence-corrected chi connectivity index (χ0v) is 23.1. The van der Waals surface area contributed by atoms with E-state index in [2.05, 4.69) is 25.2 Å². The molecular weight excluding hydrogens is 604 g/mol. The second-order valence-electron chi connectivity index (χ2n) is 8.94. The Morgan fingerprint density at radius 3 is 2.39 bits per heavy atom. The summed E-state index contributed by atoms with van der Waals surface area (Å²) in [5.74, 6) is -2.42. The second-order valence-corrected chi connectivity index (χ2v) is 8.94. The van der Waals surface area contributed by atoms with Crippen LogP contribution in [0.1, 0.15) is 17.7 Å². The number of ether oxygens (including phenoxy) is 2. The van der Waals surface area contributed by atoms with Crippen molar-refractivity contribution in [3.05, 3.63) is 76.3 Å². The minimum atomic E-state index is -5.19. The lowest BCUT2D eigenvalue weighted by Crippen LogP contribution is -2.37. The molecule has 0 aliphatic heterocycles. The van der Waals surface area contributed by atoms with Gasteiger partial charge in [0, 0.05) is 37.5 Å². The molecule has 0 bridgehead atoms. The Labute approximate surface area is 245 Å². The number of carboxylic acid groups (broad SMARTS) is 1. The molecule has 0 unspecified atom stereocenters. The lowest BCUT2D eigenvalue weighted by molar-refractivity contribution is -0.361. The molecule has 4 aromatic rings. The van der Waals surface area contributed by atoms with Crippen LogP contribution < -0.4 is 25.7 Å². The number of methoxy groups -OCH3 is 1. The molecule has 17 heteroatoms. The number of anilines is 1. The number of nitrogens with zero attached hydrogens (tertiary/aromatic N) is 3. The van der Waals surface area contributed by atoms with Gasteiger partial charge < -0.3 is 28.5 Å². The summed E-state index contributed by atoms with van der Waals surface area (Å²) < 4.78 is 84.6. The predicted molar refractivity (Wildman–Crippen MR) is 139 cm³/mol. The Bertz CT molecular complexity index is 1600. The maximum absolute atomic E-state index is 13.3. The molecule has 0 amide bonds. The van der Waals surface area contributed by atoms with Crippen molar-refractivity contribution in [2.75, 3.05) is 25.6 Å². The smallest absolute Gasteiger partial charge is 0.542 e. The molecule has 0 fully saturated rings. The molecule has 1 aromatic carbocycles. The summed E-state index contributed by atoms with van der Waals surface area (Å²) in [5.41, 5.74) is 1.95. The van der Waals surface area contributed by atoms with E-state index in [1.807, 2.05) is 19.1 Å². The summed E-state index contributed by atoms with van der Waals surface area (Å²) in [5, 5.41) is 15.9. The quantitative estimate of drug-likeness (QED) is 0.206. The number of aromatic nitrogens is 4. The van der Waals surface area contributed by atoms with E-state index in [9.17, 15) is 31.1 Å². The summed E-state index contributed by atoms with van der Waals surface area (Å²) in [6.45, 7) is 3.54. The lowest BCUT2D eigenvalue weighted by Gasteiger charge is -2.11. The highest BCUT2D eigenvalue weighted by molar-refractivity contribution is 5.70. The fourth-order valence-electron chi connectivity index (χ4n) is 3.62. The minimum Gasteiger partial charge on any atom is -0.542 e. The summed E-state index contributed by atoms with van der Waals surface area (Å²) in [7, 11) is 1.66. The SMILES string of the molecule is COCCCNc1cc(Cn2c(C)ccc(-c3nc(-c4ccc(OC(F)(F)F)cc4)no3)c2=O)cc[nH+]1.O=C([O-])C(F)(F)F. The number of pyridine rings is 2. The fraction of sp³-hybridized carbons (Fsp3) is 0.296. The van der Waals surface area contributed by atoms with Gasteiger partial charge in [0.15, 0.2) is 0 Å². The van der Waals surface area contributed by atoms with Gasteiger partial charge in [-0.05, 0) is 55.0 Å². The fourth-order valence-corrected chi connectivity index (χ4v) is 3.62. The summed E-state index contributed by atoms with van der Waals surface area (Å²) in [4.78, 5) is 29.5. The molecule has 4 rings (SSSR count). The highest BCUT2D eigenvalue weighted by Gasteiger charge is 2.31. The molecule has 2 N–H and O–H groups in total. The number of H-pyrrole nitrogens is 1. The van der Waals surface area contributed by atoms with E-state index in [4.69, 9.17) is 19.2 Å². The van der Waals surface area contributed by atoms with Gasteiger partial charge >= 0.3 is 12.5 Å². The van der Waals surface area contributed by atoms with Crippen molar-refractivity contribution in [1.82, 2.24) is 14.7 Å². The van der Waals surface area contributed by atoms with Crippen molar-refractivity contribution in [3.8, 4) is 28.6 Å². The molecule has 0 saturated carbocycles. The van der Waals surface area contributed by atoms with Gasteiger partial charge in [0.05, 0.1) is 19.3 Å². The number of aliphatic carboxylic acids is 1. The van der Waals surface area contributed by atoms with Crippen LogP contribution in [0.4, 0.5) is 32.2 Å². The Balaban J connectivity index is 0.000000676. The Morgan fingerprint density at radius 2 is 1.77 bits per heavy atom. The van der Waals surface area contributed by atoms with Crippen molar-refractivity contribution in [1.29, 1.82) is 0 Å². The molecule has 0 aliphatic rings. The Kier molecular flexibility index (Phi) is 11.1. The normalized spacial score (nSPS) is 11.5.